The Hall–Kier alpha value is -3.59. The van der Waals surface area contributed by atoms with Crippen molar-refractivity contribution in [2.45, 2.75) is 23.9 Å². The van der Waals surface area contributed by atoms with Crippen LogP contribution in [0.2, 0.25) is 0 Å². The van der Waals surface area contributed by atoms with E-state index >= 15 is 0 Å². The highest BCUT2D eigenvalue weighted by Gasteiger charge is 2.27. The number of amides is 1. The van der Waals surface area contributed by atoms with Gasteiger partial charge >= 0.3 is 0 Å². The fraction of sp³-hybridized carbons (Fsp3) is 0.217. The molecule has 0 fully saturated rings. The number of nitrogens with one attached hydrogen (secondary N) is 1. The summed E-state index contributed by atoms with van der Waals surface area (Å²) in [6.45, 7) is 1.95. The maximum absolute atomic E-state index is 12.5. The molecule has 0 saturated heterocycles. The summed E-state index contributed by atoms with van der Waals surface area (Å²) in [5, 5.41) is 4.94. The first kappa shape index (κ1) is 21.6. The molecule has 164 valence electrons. The van der Waals surface area contributed by atoms with Crippen LogP contribution >= 0.6 is 11.8 Å². The van der Waals surface area contributed by atoms with E-state index in [9.17, 15) is 4.79 Å². The minimum atomic E-state index is -0.768. The molecular formula is C23H22N4O4S. The number of ether oxygens (including phenoxy) is 3. The third-order valence-electron chi connectivity index (χ3n) is 4.73. The quantitative estimate of drug-likeness (QED) is 0.255. The average Bonchev–Trinajstić information content (AvgIpc) is 2.85. The molecule has 0 aliphatic carbocycles. The smallest absolute Gasteiger partial charge is 0.284 e. The molecule has 2 aromatic carbocycles. The largest absolute Gasteiger partial charge is 0.496 e. The van der Waals surface area contributed by atoms with Gasteiger partial charge in [-0.15, -0.1) is 0 Å². The lowest BCUT2D eigenvalue weighted by molar-refractivity contribution is -0.130. The molecule has 1 amide bonds. The highest BCUT2D eigenvalue weighted by atomic mass is 32.2. The molecule has 1 unspecified atom stereocenters. The van der Waals surface area contributed by atoms with Crippen LogP contribution in [0.1, 0.15) is 18.1 Å². The molecule has 4 rings (SSSR count). The monoisotopic (exact) mass is 450 g/mol. The maximum Gasteiger partial charge on any atom is 0.284 e. The van der Waals surface area contributed by atoms with Gasteiger partial charge in [0.25, 0.3) is 5.91 Å². The number of para-hydroxylation sites is 2. The number of carbonyl (C=O) groups excluding carboxylic acids is 1. The summed E-state index contributed by atoms with van der Waals surface area (Å²) >= 11 is 1.51. The summed E-state index contributed by atoms with van der Waals surface area (Å²) in [6.07, 6.45) is 2.65. The Balaban J connectivity index is 1.42. The van der Waals surface area contributed by atoms with Crippen LogP contribution in [0.3, 0.4) is 0 Å². The Morgan fingerprint density at radius 2 is 1.97 bits per heavy atom. The normalized spacial score (nSPS) is 15.2. The summed E-state index contributed by atoms with van der Waals surface area (Å²) in [5.74, 6) is 2.19. The molecule has 1 atom stereocenters. The number of nitrogens with zero attached hydrogens (tertiary/aromatic N) is 3. The Kier molecular flexibility index (Phi) is 6.86. The fourth-order valence-corrected chi connectivity index (χ4v) is 3.82. The summed E-state index contributed by atoms with van der Waals surface area (Å²) in [4.78, 5) is 21.0. The zero-order valence-corrected chi connectivity index (χ0v) is 18.5. The van der Waals surface area contributed by atoms with Crippen LogP contribution in [0.15, 0.2) is 71.2 Å². The summed E-state index contributed by atoms with van der Waals surface area (Å²) in [6, 6.07) is 14.8. The van der Waals surface area contributed by atoms with Crippen molar-refractivity contribution in [3.05, 3.63) is 72.1 Å². The molecule has 8 nitrogen and oxygen atoms in total. The summed E-state index contributed by atoms with van der Waals surface area (Å²) < 4.78 is 16.8. The third kappa shape index (κ3) is 5.17. The van der Waals surface area contributed by atoms with Gasteiger partial charge in [-0.25, -0.2) is 15.4 Å². The van der Waals surface area contributed by atoms with Gasteiger partial charge in [-0.1, -0.05) is 23.9 Å². The highest BCUT2D eigenvalue weighted by molar-refractivity contribution is 7.98. The number of methoxy groups -OCH3 is 1. The predicted molar refractivity (Wildman–Crippen MR) is 121 cm³/mol. The number of aromatic nitrogens is 2. The zero-order chi connectivity index (χ0) is 22.3. The van der Waals surface area contributed by atoms with Crippen LogP contribution in [-0.4, -0.2) is 41.4 Å². The van der Waals surface area contributed by atoms with Gasteiger partial charge in [-0.3, -0.25) is 4.79 Å². The van der Waals surface area contributed by atoms with Crippen LogP contribution in [0.4, 0.5) is 0 Å². The first-order valence-corrected chi connectivity index (χ1v) is 10.9. The molecule has 1 N–H and O–H groups in total. The molecule has 3 aromatic rings. The van der Waals surface area contributed by atoms with Crippen molar-refractivity contribution in [2.24, 2.45) is 5.10 Å². The lowest BCUT2D eigenvalue weighted by Crippen LogP contribution is -2.42. The number of thioether (sulfide) groups is 1. The van der Waals surface area contributed by atoms with Crippen LogP contribution in [0.5, 0.6) is 17.2 Å². The number of carbonyl (C=O) groups is 1. The van der Waals surface area contributed by atoms with Crippen LogP contribution < -0.4 is 19.6 Å². The second-order valence-electron chi connectivity index (χ2n) is 6.88. The molecule has 0 radical (unpaired) electrons. The Bertz CT molecular complexity index is 1120. The van der Waals surface area contributed by atoms with E-state index in [1.165, 1.54) is 11.8 Å². The number of fused-ring (bicyclic) bond motifs is 1. The van der Waals surface area contributed by atoms with Gasteiger partial charge in [0.15, 0.2) is 16.7 Å². The van der Waals surface area contributed by atoms with E-state index in [1.807, 2.05) is 37.3 Å². The van der Waals surface area contributed by atoms with Crippen molar-refractivity contribution in [2.75, 3.05) is 13.7 Å². The van der Waals surface area contributed by atoms with Crippen LogP contribution in [-0.2, 0) is 10.5 Å². The second kappa shape index (κ2) is 10.1. The average molecular weight is 451 g/mol. The lowest BCUT2D eigenvalue weighted by Gasteiger charge is -2.24. The van der Waals surface area contributed by atoms with Crippen molar-refractivity contribution >= 4 is 23.4 Å². The fourth-order valence-electron chi connectivity index (χ4n) is 3.04. The van der Waals surface area contributed by atoms with Gasteiger partial charge < -0.3 is 14.2 Å². The Labute approximate surface area is 190 Å². The minimum Gasteiger partial charge on any atom is -0.496 e. The topological polar surface area (TPSA) is 94.9 Å². The zero-order valence-electron chi connectivity index (χ0n) is 17.6. The summed E-state index contributed by atoms with van der Waals surface area (Å²) in [5.41, 5.74) is 5.07. The number of hydrogen-bond acceptors (Lipinski definition) is 8. The van der Waals surface area contributed by atoms with E-state index in [1.54, 1.807) is 37.7 Å². The first-order chi connectivity index (χ1) is 15.6. The molecule has 0 saturated carbocycles. The van der Waals surface area contributed by atoms with E-state index in [0.29, 0.717) is 28.1 Å². The van der Waals surface area contributed by atoms with E-state index in [2.05, 4.69) is 20.5 Å². The van der Waals surface area contributed by atoms with Crippen molar-refractivity contribution in [1.29, 1.82) is 0 Å². The van der Waals surface area contributed by atoms with Crippen molar-refractivity contribution in [3.63, 3.8) is 0 Å². The maximum atomic E-state index is 12.5. The number of rotatable bonds is 7. The SMILES string of the molecule is COc1ccc(C(C)=NNC(=O)C2COc3ccccc3O2)cc1CSc1ncccn1. The van der Waals surface area contributed by atoms with Gasteiger partial charge in [0.2, 0.25) is 6.10 Å². The van der Waals surface area contributed by atoms with Gasteiger partial charge in [-0.05, 0) is 48.9 Å². The highest BCUT2D eigenvalue weighted by Crippen LogP contribution is 2.31. The number of benzene rings is 2. The molecule has 0 spiro atoms. The van der Waals surface area contributed by atoms with Gasteiger partial charge in [0.05, 0.1) is 12.8 Å². The van der Waals surface area contributed by atoms with E-state index in [4.69, 9.17) is 14.2 Å². The molecule has 1 aliphatic rings. The standard InChI is InChI=1S/C23H22N4O4S/c1-15(26-27-22(28)21-13-30-19-6-3-4-7-20(19)31-21)16-8-9-18(29-2)17(12-16)14-32-23-24-10-5-11-25-23/h3-12,21H,13-14H2,1-2H3,(H,27,28). The molecular weight excluding hydrogens is 428 g/mol. The Morgan fingerprint density at radius 1 is 1.19 bits per heavy atom. The predicted octanol–water partition coefficient (Wildman–Crippen LogP) is 3.46. The molecule has 2 heterocycles. The van der Waals surface area contributed by atoms with E-state index in [0.717, 1.165) is 16.9 Å². The van der Waals surface area contributed by atoms with E-state index in [-0.39, 0.29) is 12.5 Å². The van der Waals surface area contributed by atoms with Crippen molar-refractivity contribution < 1.29 is 19.0 Å². The van der Waals surface area contributed by atoms with E-state index < -0.39 is 6.10 Å². The minimum absolute atomic E-state index is 0.128. The van der Waals surface area contributed by atoms with Crippen LogP contribution in [0.25, 0.3) is 0 Å². The van der Waals surface area contributed by atoms with Crippen molar-refractivity contribution in [1.82, 2.24) is 15.4 Å². The Morgan fingerprint density at radius 3 is 2.75 bits per heavy atom. The van der Waals surface area contributed by atoms with Gasteiger partial charge in [0, 0.05) is 23.7 Å². The van der Waals surface area contributed by atoms with Gasteiger partial charge in [0.1, 0.15) is 12.4 Å². The third-order valence-corrected chi connectivity index (χ3v) is 5.66. The molecule has 0 bridgehead atoms. The second-order valence-corrected chi connectivity index (χ2v) is 7.83. The van der Waals surface area contributed by atoms with Crippen molar-refractivity contribution in [3.8, 4) is 17.2 Å². The summed E-state index contributed by atoms with van der Waals surface area (Å²) in [7, 11) is 1.63. The first-order valence-electron chi connectivity index (χ1n) is 9.94. The lowest BCUT2D eigenvalue weighted by atomic mass is 10.1. The molecule has 1 aliphatic heterocycles. The number of hydrogen-bond donors (Lipinski definition) is 1. The molecule has 32 heavy (non-hydrogen) atoms. The molecule has 1 aromatic heterocycles. The van der Waals surface area contributed by atoms with Gasteiger partial charge in [-0.2, -0.15) is 5.10 Å². The number of hydrazone groups is 1. The van der Waals surface area contributed by atoms with Crippen LogP contribution in [0, 0.1) is 0 Å². The molecule has 9 heteroatoms.